The van der Waals surface area contributed by atoms with Gasteiger partial charge in [0.15, 0.2) is 5.78 Å². The molecule has 0 aliphatic carbocycles. The molecular weight excluding hydrogens is 180 g/mol. The van der Waals surface area contributed by atoms with E-state index in [1.54, 1.807) is 24.9 Å². The van der Waals surface area contributed by atoms with Crippen molar-refractivity contribution >= 4 is 11.6 Å². The van der Waals surface area contributed by atoms with Crippen molar-refractivity contribution in [2.45, 2.75) is 26.7 Å². The van der Waals surface area contributed by atoms with Gasteiger partial charge in [-0.05, 0) is 13.8 Å². The minimum atomic E-state index is -0.00852. The minimum absolute atomic E-state index is 0.00852. The van der Waals surface area contributed by atoms with E-state index in [0.29, 0.717) is 12.0 Å². The van der Waals surface area contributed by atoms with E-state index in [9.17, 15) is 9.59 Å². The van der Waals surface area contributed by atoms with Gasteiger partial charge in [-0.15, -0.1) is 0 Å². The Bertz CT molecular complexity index is 366. The number of hydrogen-bond donors (Lipinski definition) is 0. The van der Waals surface area contributed by atoms with E-state index >= 15 is 0 Å². The molecule has 0 saturated heterocycles. The van der Waals surface area contributed by atoms with E-state index in [2.05, 4.69) is 5.10 Å². The van der Waals surface area contributed by atoms with E-state index in [4.69, 9.17) is 0 Å². The fourth-order valence-corrected chi connectivity index (χ4v) is 1.30. The monoisotopic (exact) mass is 194 g/mol. The lowest BCUT2D eigenvalue weighted by Gasteiger charge is -1.95. The largest absolute Gasteiger partial charge is 0.300 e. The lowest BCUT2D eigenvalue weighted by Crippen LogP contribution is -2.02. The Hall–Kier alpha value is -1.45. The molecule has 0 amide bonds. The molecule has 0 aliphatic heterocycles. The maximum atomic E-state index is 11.6. The van der Waals surface area contributed by atoms with Gasteiger partial charge < -0.3 is 4.79 Å². The van der Waals surface area contributed by atoms with Crippen molar-refractivity contribution in [3.05, 3.63) is 17.5 Å². The second kappa shape index (κ2) is 4.17. The van der Waals surface area contributed by atoms with Gasteiger partial charge in [-0.3, -0.25) is 9.48 Å². The molecule has 0 atom stereocenters. The van der Waals surface area contributed by atoms with Crippen molar-refractivity contribution < 1.29 is 9.59 Å². The van der Waals surface area contributed by atoms with Gasteiger partial charge in [0.2, 0.25) is 0 Å². The van der Waals surface area contributed by atoms with Gasteiger partial charge >= 0.3 is 0 Å². The maximum Gasteiger partial charge on any atom is 0.166 e. The number of carbonyl (C=O) groups is 2. The van der Waals surface area contributed by atoms with E-state index in [-0.39, 0.29) is 18.0 Å². The highest BCUT2D eigenvalue weighted by Crippen LogP contribution is 2.09. The highest BCUT2D eigenvalue weighted by atomic mass is 16.1. The third-order valence-corrected chi connectivity index (χ3v) is 2.02. The lowest BCUT2D eigenvalue weighted by atomic mass is 10.1. The molecule has 1 aromatic rings. The normalized spacial score (nSPS) is 10.2. The van der Waals surface area contributed by atoms with Crippen LogP contribution in [-0.4, -0.2) is 21.3 Å². The highest BCUT2D eigenvalue weighted by Gasteiger charge is 2.12. The molecular formula is C10H14N2O2. The van der Waals surface area contributed by atoms with Gasteiger partial charge in [-0.1, -0.05) is 0 Å². The van der Waals surface area contributed by atoms with E-state index < -0.39 is 0 Å². The molecule has 0 N–H and O–H groups in total. The van der Waals surface area contributed by atoms with Gasteiger partial charge in [0.25, 0.3) is 0 Å². The predicted octanol–water partition coefficient (Wildman–Crippen LogP) is 1.28. The first-order valence-electron chi connectivity index (χ1n) is 4.53. The molecule has 0 aliphatic rings. The van der Waals surface area contributed by atoms with Crippen LogP contribution in [0.5, 0.6) is 0 Å². The molecule has 76 valence electrons. The summed E-state index contributed by atoms with van der Waals surface area (Å²) >= 11 is 0. The van der Waals surface area contributed by atoms with Gasteiger partial charge in [-0.25, -0.2) is 0 Å². The van der Waals surface area contributed by atoms with Crippen LogP contribution in [0, 0.1) is 6.92 Å². The van der Waals surface area contributed by atoms with Crippen molar-refractivity contribution in [2.24, 2.45) is 7.05 Å². The van der Waals surface area contributed by atoms with Crippen LogP contribution in [0.4, 0.5) is 0 Å². The molecule has 0 aromatic carbocycles. The summed E-state index contributed by atoms with van der Waals surface area (Å²) in [5.41, 5.74) is 1.34. The van der Waals surface area contributed by atoms with Crippen LogP contribution in [0.2, 0.25) is 0 Å². The number of aromatic nitrogens is 2. The van der Waals surface area contributed by atoms with Crippen LogP contribution in [0.15, 0.2) is 6.20 Å². The second-order valence-corrected chi connectivity index (χ2v) is 3.43. The molecule has 4 nitrogen and oxygen atoms in total. The van der Waals surface area contributed by atoms with Gasteiger partial charge in [0.1, 0.15) is 5.78 Å². The van der Waals surface area contributed by atoms with Crippen molar-refractivity contribution in [3.63, 3.8) is 0 Å². The Balaban J connectivity index is 2.69. The Morgan fingerprint density at radius 1 is 1.43 bits per heavy atom. The van der Waals surface area contributed by atoms with Crippen molar-refractivity contribution in [2.75, 3.05) is 0 Å². The van der Waals surface area contributed by atoms with Gasteiger partial charge in [0, 0.05) is 26.1 Å². The summed E-state index contributed by atoms with van der Waals surface area (Å²) in [5.74, 6) is 0.0330. The number of rotatable bonds is 4. The third-order valence-electron chi connectivity index (χ3n) is 2.02. The molecule has 14 heavy (non-hydrogen) atoms. The average molecular weight is 194 g/mol. The molecule has 0 fully saturated rings. The number of ketones is 2. The molecule has 0 unspecified atom stereocenters. The molecule has 0 spiro atoms. The molecule has 1 rings (SSSR count). The van der Waals surface area contributed by atoms with Gasteiger partial charge in [0.05, 0.1) is 11.3 Å². The summed E-state index contributed by atoms with van der Waals surface area (Å²) in [5, 5.41) is 4.07. The number of aryl methyl sites for hydroxylation is 2. The Morgan fingerprint density at radius 2 is 2.07 bits per heavy atom. The van der Waals surface area contributed by atoms with Crippen LogP contribution >= 0.6 is 0 Å². The lowest BCUT2D eigenvalue weighted by molar-refractivity contribution is -0.116. The van der Waals surface area contributed by atoms with E-state index in [0.717, 1.165) is 5.69 Å². The number of nitrogens with zero attached hydrogens (tertiary/aromatic N) is 2. The van der Waals surface area contributed by atoms with Crippen LogP contribution in [0.1, 0.15) is 35.8 Å². The van der Waals surface area contributed by atoms with E-state index in [1.807, 2.05) is 0 Å². The molecule has 1 heterocycles. The number of hydrogen-bond acceptors (Lipinski definition) is 3. The maximum absolute atomic E-state index is 11.6. The van der Waals surface area contributed by atoms with Crippen molar-refractivity contribution in [3.8, 4) is 0 Å². The van der Waals surface area contributed by atoms with Crippen LogP contribution in [0.25, 0.3) is 0 Å². The fraction of sp³-hybridized carbons (Fsp3) is 0.500. The zero-order chi connectivity index (χ0) is 10.7. The zero-order valence-corrected chi connectivity index (χ0v) is 8.70. The third kappa shape index (κ3) is 2.52. The summed E-state index contributed by atoms with van der Waals surface area (Å²) in [7, 11) is 1.77. The van der Waals surface area contributed by atoms with Crippen LogP contribution in [0.3, 0.4) is 0 Å². The van der Waals surface area contributed by atoms with Crippen molar-refractivity contribution in [1.29, 1.82) is 0 Å². The topological polar surface area (TPSA) is 52.0 Å². The molecule has 4 heteroatoms. The summed E-state index contributed by atoms with van der Waals surface area (Å²) in [6.45, 7) is 3.28. The fourth-order valence-electron chi connectivity index (χ4n) is 1.30. The number of Topliss-reactive ketones (excluding diaryl/α,β-unsaturated/α-hetero) is 2. The summed E-state index contributed by atoms with van der Waals surface area (Å²) in [6.07, 6.45) is 2.28. The summed E-state index contributed by atoms with van der Waals surface area (Å²) in [4.78, 5) is 22.3. The quantitative estimate of drug-likeness (QED) is 0.678. The minimum Gasteiger partial charge on any atom is -0.300 e. The van der Waals surface area contributed by atoms with E-state index in [1.165, 1.54) is 6.92 Å². The predicted molar refractivity (Wildman–Crippen MR) is 52.2 cm³/mol. The van der Waals surface area contributed by atoms with Crippen LogP contribution < -0.4 is 0 Å². The Morgan fingerprint density at radius 3 is 2.50 bits per heavy atom. The van der Waals surface area contributed by atoms with Crippen molar-refractivity contribution in [1.82, 2.24) is 9.78 Å². The zero-order valence-electron chi connectivity index (χ0n) is 8.70. The first-order valence-corrected chi connectivity index (χ1v) is 4.53. The summed E-state index contributed by atoms with van der Waals surface area (Å²) < 4.78 is 1.61. The first kappa shape index (κ1) is 10.6. The molecule has 0 radical (unpaired) electrons. The Labute approximate surface area is 82.9 Å². The SMILES string of the molecule is CC(=O)CCC(=O)c1cn(C)nc1C. The van der Waals surface area contributed by atoms with Gasteiger partial charge in [-0.2, -0.15) is 5.10 Å². The molecule has 0 bridgehead atoms. The average Bonchev–Trinajstić information content (AvgIpc) is 2.41. The molecule has 1 aromatic heterocycles. The standard InChI is InChI=1S/C10H14N2O2/c1-7(13)4-5-10(14)9-6-12(3)11-8(9)2/h6H,4-5H2,1-3H3. The van der Waals surface area contributed by atoms with Crippen LogP contribution in [-0.2, 0) is 11.8 Å². The second-order valence-electron chi connectivity index (χ2n) is 3.43. The Kier molecular flexibility index (Phi) is 3.17. The number of carbonyl (C=O) groups excluding carboxylic acids is 2. The summed E-state index contributed by atoms with van der Waals surface area (Å²) in [6, 6.07) is 0. The first-order chi connectivity index (χ1) is 6.50. The molecule has 0 saturated carbocycles. The highest BCUT2D eigenvalue weighted by molar-refractivity contribution is 5.98. The smallest absolute Gasteiger partial charge is 0.166 e.